The van der Waals surface area contributed by atoms with Crippen LogP contribution in [0.1, 0.15) is 35.1 Å². The number of nitrogens with two attached hydrogens (primary N) is 1. The van der Waals surface area contributed by atoms with Gasteiger partial charge in [-0.15, -0.1) is 0 Å². The zero-order chi connectivity index (χ0) is 14.2. The molecule has 0 aliphatic heterocycles. The minimum Gasteiger partial charge on any atom is -0.323 e. The van der Waals surface area contributed by atoms with Crippen molar-refractivity contribution in [2.24, 2.45) is 5.73 Å². The van der Waals surface area contributed by atoms with Crippen LogP contribution in [0.2, 0.25) is 0 Å². The predicted octanol–water partition coefficient (Wildman–Crippen LogP) is 3.96. The number of benzene rings is 2. The SMILES string of the molecule is NC(c1cccc2ccncc12)C1CCc2ccccc21. The summed E-state index contributed by atoms with van der Waals surface area (Å²) >= 11 is 0. The number of fused-ring (bicyclic) bond motifs is 2. The molecule has 0 saturated heterocycles. The van der Waals surface area contributed by atoms with E-state index in [-0.39, 0.29) is 6.04 Å². The van der Waals surface area contributed by atoms with Crippen LogP contribution in [0.3, 0.4) is 0 Å². The summed E-state index contributed by atoms with van der Waals surface area (Å²) in [6, 6.07) is 17.1. The summed E-state index contributed by atoms with van der Waals surface area (Å²) in [4.78, 5) is 4.27. The second-order valence-electron chi connectivity index (χ2n) is 5.81. The Balaban J connectivity index is 1.80. The molecule has 1 aliphatic rings. The van der Waals surface area contributed by atoms with Gasteiger partial charge in [0.15, 0.2) is 0 Å². The largest absolute Gasteiger partial charge is 0.323 e. The standard InChI is InChI=1S/C19H18N2/c20-19(17-9-8-13-4-1-2-6-15(13)17)16-7-3-5-14-10-11-21-12-18(14)16/h1-7,10-12,17,19H,8-9,20H2. The Labute approximate surface area is 124 Å². The normalized spacial score (nSPS) is 18.6. The fraction of sp³-hybridized carbons (Fsp3) is 0.211. The highest BCUT2D eigenvalue weighted by atomic mass is 14.7. The van der Waals surface area contributed by atoms with Gasteiger partial charge in [0.2, 0.25) is 0 Å². The molecule has 0 radical (unpaired) electrons. The van der Waals surface area contributed by atoms with E-state index in [1.54, 1.807) is 0 Å². The fourth-order valence-corrected chi connectivity index (χ4v) is 3.61. The topological polar surface area (TPSA) is 38.9 Å². The molecule has 0 spiro atoms. The highest BCUT2D eigenvalue weighted by molar-refractivity contribution is 5.85. The summed E-state index contributed by atoms with van der Waals surface area (Å²) < 4.78 is 0. The first kappa shape index (κ1) is 12.5. The van der Waals surface area contributed by atoms with Crippen LogP contribution in [0, 0.1) is 0 Å². The molecular formula is C19H18N2. The Bertz CT molecular complexity index is 789. The molecule has 1 aromatic heterocycles. The van der Waals surface area contributed by atoms with Gasteiger partial charge in [0, 0.05) is 29.7 Å². The zero-order valence-electron chi connectivity index (χ0n) is 11.9. The van der Waals surface area contributed by atoms with Crippen LogP contribution in [0.5, 0.6) is 0 Å². The molecule has 1 aliphatic carbocycles. The molecule has 2 heteroatoms. The van der Waals surface area contributed by atoms with Crippen LogP contribution >= 0.6 is 0 Å². The van der Waals surface area contributed by atoms with Crippen LogP contribution in [-0.4, -0.2) is 4.98 Å². The lowest BCUT2D eigenvalue weighted by molar-refractivity contribution is 0.554. The van der Waals surface area contributed by atoms with E-state index in [4.69, 9.17) is 5.73 Å². The molecule has 4 rings (SSSR count). The second kappa shape index (κ2) is 4.97. The monoisotopic (exact) mass is 274 g/mol. The van der Waals surface area contributed by atoms with Gasteiger partial charge in [-0.3, -0.25) is 4.98 Å². The molecule has 2 N–H and O–H groups in total. The Morgan fingerprint density at radius 2 is 1.95 bits per heavy atom. The summed E-state index contributed by atoms with van der Waals surface area (Å²) in [6.45, 7) is 0. The van der Waals surface area contributed by atoms with Crippen molar-refractivity contribution in [3.63, 3.8) is 0 Å². The minimum atomic E-state index is 0.0292. The molecule has 0 saturated carbocycles. The van der Waals surface area contributed by atoms with Gasteiger partial charge in [-0.1, -0.05) is 42.5 Å². The number of hydrogen-bond donors (Lipinski definition) is 1. The zero-order valence-corrected chi connectivity index (χ0v) is 11.9. The third-order valence-electron chi connectivity index (χ3n) is 4.69. The van der Waals surface area contributed by atoms with Crippen LogP contribution in [0.4, 0.5) is 0 Å². The van der Waals surface area contributed by atoms with Gasteiger partial charge in [-0.05, 0) is 41.0 Å². The first-order chi connectivity index (χ1) is 10.3. The number of nitrogens with zero attached hydrogens (tertiary/aromatic N) is 1. The summed E-state index contributed by atoms with van der Waals surface area (Å²) in [5.41, 5.74) is 10.7. The van der Waals surface area contributed by atoms with Gasteiger partial charge in [-0.25, -0.2) is 0 Å². The van der Waals surface area contributed by atoms with E-state index >= 15 is 0 Å². The van der Waals surface area contributed by atoms with Crippen LogP contribution < -0.4 is 5.73 Å². The van der Waals surface area contributed by atoms with Crippen molar-refractivity contribution in [3.8, 4) is 0 Å². The van der Waals surface area contributed by atoms with Crippen LogP contribution in [0.25, 0.3) is 10.8 Å². The average Bonchev–Trinajstić information content (AvgIpc) is 2.98. The second-order valence-corrected chi connectivity index (χ2v) is 5.81. The number of rotatable bonds is 2. The van der Waals surface area contributed by atoms with Crippen molar-refractivity contribution in [2.75, 3.05) is 0 Å². The highest BCUT2D eigenvalue weighted by Gasteiger charge is 2.28. The maximum absolute atomic E-state index is 6.65. The lowest BCUT2D eigenvalue weighted by atomic mass is 9.87. The Morgan fingerprint density at radius 1 is 1.05 bits per heavy atom. The van der Waals surface area contributed by atoms with E-state index in [0.717, 1.165) is 12.8 Å². The van der Waals surface area contributed by atoms with Gasteiger partial charge in [-0.2, -0.15) is 0 Å². The van der Waals surface area contributed by atoms with Crippen molar-refractivity contribution >= 4 is 10.8 Å². The quantitative estimate of drug-likeness (QED) is 0.768. The van der Waals surface area contributed by atoms with E-state index in [9.17, 15) is 0 Å². The van der Waals surface area contributed by atoms with Crippen molar-refractivity contribution in [2.45, 2.75) is 24.8 Å². The van der Waals surface area contributed by atoms with E-state index in [0.29, 0.717) is 5.92 Å². The van der Waals surface area contributed by atoms with E-state index in [1.165, 1.54) is 27.5 Å². The van der Waals surface area contributed by atoms with Crippen molar-refractivity contribution in [1.82, 2.24) is 4.98 Å². The first-order valence-corrected chi connectivity index (χ1v) is 7.50. The predicted molar refractivity (Wildman–Crippen MR) is 86.2 cm³/mol. The van der Waals surface area contributed by atoms with Gasteiger partial charge in [0.05, 0.1) is 0 Å². The summed E-state index contributed by atoms with van der Waals surface area (Å²) in [7, 11) is 0. The minimum absolute atomic E-state index is 0.0292. The molecule has 2 aromatic carbocycles. The maximum Gasteiger partial charge on any atom is 0.0371 e. The Kier molecular flexibility index (Phi) is 2.97. The summed E-state index contributed by atoms with van der Waals surface area (Å²) in [6.07, 6.45) is 6.04. The number of aromatic nitrogens is 1. The third-order valence-corrected chi connectivity index (χ3v) is 4.69. The molecule has 0 fully saturated rings. The molecule has 1 heterocycles. The van der Waals surface area contributed by atoms with Crippen LogP contribution in [-0.2, 0) is 6.42 Å². The maximum atomic E-state index is 6.65. The first-order valence-electron chi connectivity index (χ1n) is 7.50. The molecule has 3 aromatic rings. The smallest absolute Gasteiger partial charge is 0.0371 e. The van der Waals surface area contributed by atoms with E-state index in [2.05, 4.69) is 47.4 Å². The Morgan fingerprint density at radius 3 is 2.90 bits per heavy atom. The number of aryl methyl sites for hydroxylation is 1. The molecule has 21 heavy (non-hydrogen) atoms. The molecule has 0 bridgehead atoms. The van der Waals surface area contributed by atoms with Gasteiger partial charge < -0.3 is 5.73 Å². The molecule has 2 atom stereocenters. The third kappa shape index (κ3) is 2.03. The number of pyridine rings is 1. The van der Waals surface area contributed by atoms with Gasteiger partial charge >= 0.3 is 0 Å². The Hall–Kier alpha value is -2.19. The summed E-state index contributed by atoms with van der Waals surface area (Å²) in [5, 5.41) is 2.39. The van der Waals surface area contributed by atoms with Crippen molar-refractivity contribution in [3.05, 3.63) is 77.6 Å². The molecule has 2 unspecified atom stereocenters. The summed E-state index contributed by atoms with van der Waals surface area (Å²) in [5.74, 6) is 0.409. The molecular weight excluding hydrogens is 256 g/mol. The fourth-order valence-electron chi connectivity index (χ4n) is 3.61. The lowest BCUT2D eigenvalue weighted by Gasteiger charge is -2.22. The van der Waals surface area contributed by atoms with E-state index in [1.807, 2.05) is 18.5 Å². The average molecular weight is 274 g/mol. The highest BCUT2D eigenvalue weighted by Crippen LogP contribution is 2.41. The molecule has 2 nitrogen and oxygen atoms in total. The van der Waals surface area contributed by atoms with Gasteiger partial charge in [0.25, 0.3) is 0 Å². The lowest BCUT2D eigenvalue weighted by Crippen LogP contribution is -2.18. The van der Waals surface area contributed by atoms with Crippen LogP contribution in [0.15, 0.2) is 60.9 Å². The molecule has 0 amide bonds. The molecule has 104 valence electrons. The van der Waals surface area contributed by atoms with Gasteiger partial charge in [0.1, 0.15) is 0 Å². The van der Waals surface area contributed by atoms with E-state index < -0.39 is 0 Å². The number of hydrogen-bond acceptors (Lipinski definition) is 2. The van der Waals surface area contributed by atoms with Crippen molar-refractivity contribution < 1.29 is 0 Å². The van der Waals surface area contributed by atoms with Crippen molar-refractivity contribution in [1.29, 1.82) is 0 Å².